The number of nitrogens with one attached hydrogen (secondary N) is 1. The number of alkyl halides is 3. The van der Waals surface area contributed by atoms with Crippen LogP contribution in [0.25, 0.3) is 17.3 Å². The molecule has 0 atom stereocenters. The molecule has 1 aliphatic heterocycles. The summed E-state index contributed by atoms with van der Waals surface area (Å²) in [6.45, 7) is 1.19. The zero-order chi connectivity index (χ0) is 27.9. The Labute approximate surface area is 220 Å². The lowest BCUT2D eigenvalue weighted by molar-refractivity contribution is -0.137. The van der Waals surface area contributed by atoms with Gasteiger partial charge in [-0.3, -0.25) is 24.0 Å². The molecule has 0 saturated carbocycles. The van der Waals surface area contributed by atoms with E-state index in [1.54, 1.807) is 43.0 Å². The van der Waals surface area contributed by atoms with Crippen molar-refractivity contribution in [2.75, 3.05) is 6.54 Å². The summed E-state index contributed by atoms with van der Waals surface area (Å²) < 4.78 is 48.3. The second kappa shape index (κ2) is 9.75. The van der Waals surface area contributed by atoms with Crippen LogP contribution in [-0.4, -0.2) is 38.9 Å². The third kappa shape index (κ3) is 4.86. The highest BCUT2D eigenvalue weighted by Gasteiger charge is 2.36. The Bertz CT molecular complexity index is 1610. The molecule has 0 aliphatic carbocycles. The first-order valence-electron chi connectivity index (χ1n) is 11.8. The van der Waals surface area contributed by atoms with Gasteiger partial charge in [0.2, 0.25) is 0 Å². The molecule has 3 heterocycles. The van der Waals surface area contributed by atoms with Crippen molar-refractivity contribution in [3.05, 3.63) is 106 Å². The van der Waals surface area contributed by atoms with Gasteiger partial charge in [0, 0.05) is 24.5 Å². The van der Waals surface area contributed by atoms with Gasteiger partial charge < -0.3 is 9.73 Å². The summed E-state index contributed by atoms with van der Waals surface area (Å²) in [6, 6.07) is 14.2. The van der Waals surface area contributed by atoms with Crippen LogP contribution in [0.15, 0.2) is 77.0 Å². The molecule has 39 heavy (non-hydrogen) atoms. The molecule has 0 fully saturated rings. The fourth-order valence-electron chi connectivity index (χ4n) is 4.44. The summed E-state index contributed by atoms with van der Waals surface area (Å²) >= 11 is 0. The maximum absolute atomic E-state index is 13.7. The van der Waals surface area contributed by atoms with Crippen LogP contribution < -0.4 is 5.32 Å². The molecule has 8 nitrogen and oxygen atoms in total. The number of fused-ring (bicyclic) bond motifs is 1. The summed E-state index contributed by atoms with van der Waals surface area (Å²) in [5.41, 5.74) is 0.347. The van der Waals surface area contributed by atoms with E-state index in [-0.39, 0.29) is 28.1 Å². The Kier molecular flexibility index (Phi) is 6.43. The lowest BCUT2D eigenvalue weighted by Crippen LogP contribution is -2.36. The van der Waals surface area contributed by atoms with Gasteiger partial charge in [-0.25, -0.2) is 0 Å². The van der Waals surface area contributed by atoms with Gasteiger partial charge in [0.1, 0.15) is 5.76 Å². The van der Waals surface area contributed by atoms with Crippen molar-refractivity contribution in [3.8, 4) is 11.3 Å². The van der Waals surface area contributed by atoms with Crippen molar-refractivity contribution in [2.45, 2.75) is 13.1 Å². The highest BCUT2D eigenvalue weighted by molar-refractivity contribution is 6.21. The Hall–Kier alpha value is -4.93. The highest BCUT2D eigenvalue weighted by Crippen LogP contribution is 2.33. The number of benzene rings is 2. The molecule has 11 heteroatoms. The molecular weight excluding hydrogens is 513 g/mol. The number of aromatic nitrogens is 2. The number of halogens is 3. The van der Waals surface area contributed by atoms with E-state index in [4.69, 9.17) is 4.42 Å². The summed E-state index contributed by atoms with van der Waals surface area (Å²) in [5.74, 6) is -1.68. The van der Waals surface area contributed by atoms with Crippen LogP contribution in [0.3, 0.4) is 0 Å². The Morgan fingerprint density at radius 1 is 1.00 bits per heavy atom. The topological polar surface area (TPSA) is 97.4 Å². The van der Waals surface area contributed by atoms with Gasteiger partial charge in [-0.1, -0.05) is 30.3 Å². The number of imide groups is 1. The molecule has 0 unspecified atom stereocenters. The predicted octanol–water partition coefficient (Wildman–Crippen LogP) is 5.07. The average Bonchev–Trinajstić information content (AvgIpc) is 3.56. The minimum Gasteiger partial charge on any atom is -0.455 e. The quantitative estimate of drug-likeness (QED) is 0.348. The summed E-state index contributed by atoms with van der Waals surface area (Å²) in [7, 11) is 1.72. The summed E-state index contributed by atoms with van der Waals surface area (Å²) in [5, 5.41) is 6.65. The van der Waals surface area contributed by atoms with Crippen LogP contribution in [0.4, 0.5) is 13.2 Å². The molecule has 0 radical (unpaired) electrons. The SMILES string of the molecule is Cc1oc(C(=O)N/C(=C/c2ccccc2C(F)(F)F)CN2C(=O)c3ccccc3C2=O)cc1-c1ccnn1C. The second-order valence-electron chi connectivity index (χ2n) is 8.87. The number of hydrogen-bond donors (Lipinski definition) is 1. The molecular formula is C28H21F3N4O4. The number of amides is 3. The van der Waals surface area contributed by atoms with E-state index in [1.807, 2.05) is 0 Å². The van der Waals surface area contributed by atoms with Gasteiger partial charge in [0.25, 0.3) is 17.7 Å². The lowest BCUT2D eigenvalue weighted by atomic mass is 10.1. The molecule has 3 amide bonds. The van der Waals surface area contributed by atoms with E-state index in [1.165, 1.54) is 36.4 Å². The molecule has 198 valence electrons. The first kappa shape index (κ1) is 25.7. The van der Waals surface area contributed by atoms with Gasteiger partial charge in [-0.2, -0.15) is 18.3 Å². The van der Waals surface area contributed by atoms with E-state index in [0.29, 0.717) is 17.0 Å². The van der Waals surface area contributed by atoms with Crippen molar-refractivity contribution in [1.29, 1.82) is 0 Å². The van der Waals surface area contributed by atoms with Crippen LogP contribution >= 0.6 is 0 Å². The molecule has 2 aromatic heterocycles. The molecule has 0 spiro atoms. The van der Waals surface area contributed by atoms with Crippen molar-refractivity contribution >= 4 is 23.8 Å². The minimum absolute atomic E-state index is 0.109. The van der Waals surface area contributed by atoms with Crippen LogP contribution in [0.1, 0.15) is 48.2 Å². The average molecular weight is 534 g/mol. The number of furan rings is 1. The fourth-order valence-corrected chi connectivity index (χ4v) is 4.44. The molecule has 5 rings (SSSR count). The van der Waals surface area contributed by atoms with E-state index in [2.05, 4.69) is 10.4 Å². The smallest absolute Gasteiger partial charge is 0.416 e. The van der Waals surface area contributed by atoms with Gasteiger partial charge in [0.15, 0.2) is 5.76 Å². The fraction of sp³-hybridized carbons (Fsp3) is 0.143. The van der Waals surface area contributed by atoms with Crippen LogP contribution in [0.5, 0.6) is 0 Å². The number of nitrogens with zero attached hydrogens (tertiary/aromatic N) is 3. The number of carbonyl (C=O) groups excluding carboxylic acids is 3. The van der Waals surface area contributed by atoms with Crippen molar-refractivity contribution in [2.24, 2.45) is 7.05 Å². The lowest BCUT2D eigenvalue weighted by Gasteiger charge is -2.18. The molecule has 1 N–H and O–H groups in total. The third-order valence-electron chi connectivity index (χ3n) is 6.32. The first-order valence-corrected chi connectivity index (χ1v) is 11.8. The second-order valence-corrected chi connectivity index (χ2v) is 8.87. The molecule has 2 aromatic carbocycles. The van der Waals surface area contributed by atoms with E-state index >= 15 is 0 Å². The molecule has 0 saturated heterocycles. The summed E-state index contributed by atoms with van der Waals surface area (Å²) in [4.78, 5) is 40.0. The number of aryl methyl sites for hydroxylation is 2. The molecule has 4 aromatic rings. The maximum Gasteiger partial charge on any atom is 0.416 e. The van der Waals surface area contributed by atoms with Crippen LogP contribution in [-0.2, 0) is 13.2 Å². The van der Waals surface area contributed by atoms with Gasteiger partial charge in [-0.15, -0.1) is 0 Å². The standard InChI is InChI=1S/C28H21F3N4O4/c1-16-21(23-11-12-32-34(23)2)14-24(39-16)25(36)33-18(13-17-7-3-6-10-22(17)28(29,30)31)15-35-26(37)19-8-4-5-9-20(19)27(35)38/h3-14H,15H2,1-2H3,(H,33,36)/b18-13+. The zero-order valence-electron chi connectivity index (χ0n) is 20.7. The van der Waals surface area contributed by atoms with Gasteiger partial charge >= 0.3 is 6.18 Å². The Morgan fingerprint density at radius 3 is 2.26 bits per heavy atom. The largest absolute Gasteiger partial charge is 0.455 e. The van der Waals surface area contributed by atoms with E-state index in [9.17, 15) is 27.6 Å². The summed E-state index contributed by atoms with van der Waals surface area (Å²) in [6.07, 6.45) is -1.99. The normalized spacial score (nSPS) is 13.7. The Morgan fingerprint density at radius 2 is 1.64 bits per heavy atom. The third-order valence-corrected chi connectivity index (χ3v) is 6.32. The van der Waals surface area contributed by atoms with Crippen molar-refractivity contribution in [1.82, 2.24) is 20.0 Å². The first-order chi connectivity index (χ1) is 18.5. The van der Waals surface area contributed by atoms with E-state index in [0.717, 1.165) is 17.0 Å². The molecule has 1 aliphatic rings. The van der Waals surface area contributed by atoms with E-state index < -0.39 is 36.0 Å². The van der Waals surface area contributed by atoms with Gasteiger partial charge in [-0.05, 0) is 48.9 Å². The highest BCUT2D eigenvalue weighted by atomic mass is 19.4. The van der Waals surface area contributed by atoms with Crippen LogP contribution in [0.2, 0.25) is 0 Å². The van der Waals surface area contributed by atoms with Crippen molar-refractivity contribution in [3.63, 3.8) is 0 Å². The predicted molar refractivity (Wildman–Crippen MR) is 134 cm³/mol. The van der Waals surface area contributed by atoms with Crippen molar-refractivity contribution < 1.29 is 32.0 Å². The number of carbonyl (C=O) groups is 3. The minimum atomic E-state index is -4.67. The Balaban J connectivity index is 1.51. The number of hydrogen-bond acceptors (Lipinski definition) is 5. The zero-order valence-corrected chi connectivity index (χ0v) is 20.7. The van der Waals surface area contributed by atoms with Gasteiger partial charge in [0.05, 0.1) is 28.9 Å². The molecule has 0 bridgehead atoms. The maximum atomic E-state index is 13.7. The monoisotopic (exact) mass is 534 g/mol. The number of rotatable bonds is 6. The van der Waals surface area contributed by atoms with Crippen LogP contribution in [0, 0.1) is 6.92 Å².